The third kappa shape index (κ3) is 5.00. The quantitative estimate of drug-likeness (QED) is 0.449. The summed E-state index contributed by atoms with van der Waals surface area (Å²) >= 11 is 0. The Labute approximate surface area is 187 Å². The molecular weight excluding hydrogens is 426 g/mol. The molecular formula is C24H33NO4SSi. The lowest BCUT2D eigenvalue weighted by atomic mass is 10.0. The summed E-state index contributed by atoms with van der Waals surface area (Å²) in [6.07, 6.45) is 0.0597. The van der Waals surface area contributed by atoms with Crippen molar-refractivity contribution in [3.63, 3.8) is 0 Å². The fourth-order valence-corrected chi connectivity index (χ4v) is 6.58. The smallest absolute Gasteiger partial charge is 0.243 e. The van der Waals surface area contributed by atoms with Crippen molar-refractivity contribution in [1.82, 2.24) is 4.31 Å². The maximum Gasteiger partial charge on any atom is 0.243 e. The van der Waals surface area contributed by atoms with Crippen LogP contribution in [0.4, 0.5) is 0 Å². The lowest BCUT2D eigenvalue weighted by Crippen LogP contribution is -2.45. The zero-order chi connectivity index (χ0) is 23.0. The van der Waals surface area contributed by atoms with Crippen LogP contribution in [0.2, 0.25) is 18.1 Å². The van der Waals surface area contributed by atoms with E-state index in [2.05, 4.69) is 33.9 Å². The normalized spacial score (nSPS) is 20.7. The molecule has 31 heavy (non-hydrogen) atoms. The summed E-state index contributed by atoms with van der Waals surface area (Å²) < 4.78 is 35.0. The van der Waals surface area contributed by atoms with Gasteiger partial charge in [0.1, 0.15) is 0 Å². The third-order valence-electron chi connectivity index (χ3n) is 6.47. The average molecular weight is 460 g/mol. The van der Waals surface area contributed by atoms with E-state index in [4.69, 9.17) is 4.43 Å². The van der Waals surface area contributed by atoms with E-state index in [1.165, 1.54) is 4.31 Å². The lowest BCUT2D eigenvalue weighted by molar-refractivity contribution is 0.0915. The Morgan fingerprint density at radius 2 is 1.61 bits per heavy atom. The van der Waals surface area contributed by atoms with Gasteiger partial charge in [-0.15, -0.1) is 0 Å². The molecule has 0 saturated carbocycles. The van der Waals surface area contributed by atoms with Crippen LogP contribution in [0.3, 0.4) is 0 Å². The number of nitrogens with zero attached hydrogens (tertiary/aromatic N) is 1. The summed E-state index contributed by atoms with van der Waals surface area (Å²) in [4.78, 5) is 13.6. The van der Waals surface area contributed by atoms with Gasteiger partial charge in [-0.05, 0) is 43.6 Å². The minimum Gasteiger partial charge on any atom is -0.413 e. The van der Waals surface area contributed by atoms with Crippen molar-refractivity contribution in [1.29, 1.82) is 0 Å². The molecule has 7 heteroatoms. The molecule has 0 bridgehead atoms. The van der Waals surface area contributed by atoms with E-state index >= 15 is 0 Å². The van der Waals surface area contributed by atoms with Crippen LogP contribution in [-0.2, 0) is 14.4 Å². The Morgan fingerprint density at radius 3 is 2.16 bits per heavy atom. The van der Waals surface area contributed by atoms with E-state index in [9.17, 15) is 13.2 Å². The van der Waals surface area contributed by atoms with E-state index < -0.39 is 24.4 Å². The monoisotopic (exact) mass is 459 g/mol. The summed E-state index contributed by atoms with van der Waals surface area (Å²) in [5, 5.41) is -0.00477. The minimum atomic E-state index is -3.83. The molecule has 1 aliphatic rings. The van der Waals surface area contributed by atoms with E-state index in [0.29, 0.717) is 12.0 Å². The number of aryl methyl sites for hydroxylation is 1. The Bertz CT molecular complexity index is 1030. The van der Waals surface area contributed by atoms with Gasteiger partial charge in [-0.1, -0.05) is 68.8 Å². The third-order valence-corrected chi connectivity index (χ3v) is 12.9. The highest BCUT2D eigenvalue weighted by molar-refractivity contribution is 7.89. The molecule has 1 aliphatic heterocycles. The molecule has 1 saturated heterocycles. The predicted octanol–water partition coefficient (Wildman–Crippen LogP) is 5.03. The first-order valence-electron chi connectivity index (χ1n) is 10.7. The number of sulfonamides is 1. The van der Waals surface area contributed by atoms with Gasteiger partial charge in [0.25, 0.3) is 0 Å². The predicted molar refractivity (Wildman–Crippen MR) is 126 cm³/mol. The molecule has 168 valence electrons. The van der Waals surface area contributed by atoms with Gasteiger partial charge in [-0.3, -0.25) is 4.79 Å². The van der Waals surface area contributed by atoms with Gasteiger partial charge in [0, 0.05) is 12.1 Å². The molecule has 2 aromatic carbocycles. The lowest BCUT2D eigenvalue weighted by Gasteiger charge is -2.38. The molecule has 0 amide bonds. The number of carbonyl (C=O) groups is 1. The highest BCUT2D eigenvalue weighted by Gasteiger charge is 2.48. The largest absolute Gasteiger partial charge is 0.413 e. The van der Waals surface area contributed by atoms with Crippen molar-refractivity contribution in [2.45, 2.75) is 69.3 Å². The first-order chi connectivity index (χ1) is 14.3. The van der Waals surface area contributed by atoms with Crippen LogP contribution >= 0.6 is 0 Å². The molecule has 2 aromatic rings. The molecule has 0 N–H and O–H groups in total. The summed E-state index contributed by atoms with van der Waals surface area (Å²) in [7, 11) is -5.96. The van der Waals surface area contributed by atoms with Gasteiger partial charge < -0.3 is 4.43 Å². The van der Waals surface area contributed by atoms with Gasteiger partial charge in [0.15, 0.2) is 14.1 Å². The molecule has 5 nitrogen and oxygen atoms in total. The van der Waals surface area contributed by atoms with Crippen LogP contribution in [0.15, 0.2) is 59.5 Å². The fourth-order valence-electron chi connectivity index (χ4n) is 3.59. The standard InChI is InChI=1S/C24H33NO4SSi/c1-18-12-14-21(15-13-18)30(27,28)25-17-20(29-31(5,6)24(2,3)4)16-22(25)23(26)19-10-8-7-9-11-19/h7-15,20,22H,16-17H2,1-6H3/t20-,22+/m1/s1. The molecule has 0 aromatic heterocycles. The molecule has 1 fully saturated rings. The van der Waals surface area contributed by atoms with Gasteiger partial charge in [-0.2, -0.15) is 4.31 Å². The number of rotatable bonds is 6. The Morgan fingerprint density at radius 1 is 1.03 bits per heavy atom. The first-order valence-corrected chi connectivity index (χ1v) is 15.0. The SMILES string of the molecule is Cc1ccc(S(=O)(=O)N2C[C@H](O[Si](C)(C)C(C)(C)C)C[C@H]2C(=O)c2ccccc2)cc1. The second kappa shape index (κ2) is 8.62. The molecule has 0 spiro atoms. The van der Waals surface area contributed by atoms with Crippen molar-refractivity contribution in [3.8, 4) is 0 Å². The zero-order valence-electron chi connectivity index (χ0n) is 19.3. The van der Waals surface area contributed by atoms with Crippen molar-refractivity contribution in [2.75, 3.05) is 6.54 Å². The average Bonchev–Trinajstić information content (AvgIpc) is 3.11. The Balaban J connectivity index is 1.97. The number of benzene rings is 2. The first kappa shape index (κ1) is 23.9. The highest BCUT2D eigenvalue weighted by Crippen LogP contribution is 2.40. The van der Waals surface area contributed by atoms with Crippen LogP contribution in [0, 0.1) is 6.92 Å². The second-order valence-corrected chi connectivity index (χ2v) is 16.5. The van der Waals surface area contributed by atoms with Gasteiger partial charge in [0.2, 0.25) is 10.0 Å². The molecule has 0 aliphatic carbocycles. The van der Waals surface area contributed by atoms with Crippen LogP contribution in [0.25, 0.3) is 0 Å². The van der Waals surface area contributed by atoms with Crippen molar-refractivity contribution in [3.05, 3.63) is 65.7 Å². The van der Waals surface area contributed by atoms with E-state index in [1.54, 1.807) is 48.5 Å². The molecule has 1 heterocycles. The summed E-state index contributed by atoms with van der Waals surface area (Å²) in [5.41, 5.74) is 1.50. The highest BCUT2D eigenvalue weighted by atomic mass is 32.2. The van der Waals surface area contributed by atoms with Crippen molar-refractivity contribution >= 4 is 24.1 Å². The fraction of sp³-hybridized carbons (Fsp3) is 0.458. The number of hydrogen-bond donors (Lipinski definition) is 0. The summed E-state index contributed by atoms with van der Waals surface area (Å²) in [6.45, 7) is 12.9. The molecule has 3 rings (SSSR count). The van der Waals surface area contributed by atoms with Crippen molar-refractivity contribution < 1.29 is 17.6 Å². The molecule has 2 atom stereocenters. The van der Waals surface area contributed by atoms with Crippen LogP contribution < -0.4 is 0 Å². The Hall–Kier alpha value is -1.80. The van der Waals surface area contributed by atoms with E-state index in [0.717, 1.165) is 5.56 Å². The van der Waals surface area contributed by atoms with Crippen molar-refractivity contribution in [2.24, 2.45) is 0 Å². The number of ketones is 1. The number of Topliss-reactive ketones (excluding diaryl/α,β-unsaturated/α-hetero) is 1. The van der Waals surface area contributed by atoms with Crippen LogP contribution in [0.1, 0.15) is 43.1 Å². The van der Waals surface area contributed by atoms with Gasteiger partial charge >= 0.3 is 0 Å². The Kier molecular flexibility index (Phi) is 6.63. The van der Waals surface area contributed by atoms with Gasteiger partial charge in [0.05, 0.1) is 17.0 Å². The number of hydrogen-bond acceptors (Lipinski definition) is 4. The minimum absolute atomic E-state index is 0.00477. The maximum absolute atomic E-state index is 13.5. The zero-order valence-corrected chi connectivity index (χ0v) is 21.1. The summed E-state index contributed by atoms with van der Waals surface area (Å²) in [6, 6.07) is 14.9. The maximum atomic E-state index is 13.5. The summed E-state index contributed by atoms with van der Waals surface area (Å²) in [5.74, 6) is -0.183. The molecule has 0 unspecified atom stereocenters. The van der Waals surface area contributed by atoms with Crippen LogP contribution in [-0.4, -0.2) is 45.5 Å². The second-order valence-electron chi connectivity index (χ2n) is 9.87. The van der Waals surface area contributed by atoms with Gasteiger partial charge in [-0.25, -0.2) is 8.42 Å². The van der Waals surface area contributed by atoms with Crippen LogP contribution in [0.5, 0.6) is 0 Å². The van der Waals surface area contributed by atoms with E-state index in [1.807, 2.05) is 13.0 Å². The topological polar surface area (TPSA) is 63.7 Å². The molecule has 0 radical (unpaired) electrons. The number of carbonyl (C=O) groups excluding carboxylic acids is 1. The van der Waals surface area contributed by atoms with E-state index in [-0.39, 0.29) is 28.4 Å².